The third-order valence-electron chi connectivity index (χ3n) is 3.91. The van der Waals surface area contributed by atoms with E-state index in [4.69, 9.17) is 0 Å². The zero-order valence-corrected chi connectivity index (χ0v) is 9.49. The SMILES string of the molecule is C1CCCC2=C(CC1)CCCCCC2. The van der Waals surface area contributed by atoms with Gasteiger partial charge < -0.3 is 0 Å². The molecule has 0 amide bonds. The van der Waals surface area contributed by atoms with Gasteiger partial charge in [0.25, 0.3) is 0 Å². The van der Waals surface area contributed by atoms with Crippen LogP contribution in [0.4, 0.5) is 0 Å². The summed E-state index contributed by atoms with van der Waals surface area (Å²) in [4.78, 5) is 0. The summed E-state index contributed by atoms with van der Waals surface area (Å²) in [6, 6.07) is 0. The van der Waals surface area contributed by atoms with Crippen LogP contribution in [0.3, 0.4) is 0 Å². The summed E-state index contributed by atoms with van der Waals surface area (Å²) in [6.45, 7) is 0. The van der Waals surface area contributed by atoms with Gasteiger partial charge in [0.1, 0.15) is 0 Å². The fourth-order valence-corrected chi connectivity index (χ4v) is 3.02. The van der Waals surface area contributed by atoms with E-state index in [0.29, 0.717) is 0 Å². The zero-order valence-electron chi connectivity index (χ0n) is 9.49. The summed E-state index contributed by atoms with van der Waals surface area (Å²) in [5.74, 6) is 0. The third kappa shape index (κ3) is 2.87. The smallest absolute Gasteiger partial charge is 0.0318 e. The van der Waals surface area contributed by atoms with Crippen LogP contribution in [0.2, 0.25) is 0 Å². The average Bonchev–Trinajstić information content (AvgIpc) is 2.13. The monoisotopic (exact) mass is 192 g/mol. The molecule has 0 saturated carbocycles. The first-order valence-electron chi connectivity index (χ1n) is 6.66. The Morgan fingerprint density at radius 1 is 0.357 bits per heavy atom. The van der Waals surface area contributed by atoms with Crippen molar-refractivity contribution >= 4 is 0 Å². The van der Waals surface area contributed by atoms with E-state index in [1.54, 1.807) is 0 Å². The van der Waals surface area contributed by atoms with Crippen LogP contribution in [-0.4, -0.2) is 0 Å². The molecule has 0 nitrogen and oxygen atoms in total. The van der Waals surface area contributed by atoms with E-state index < -0.39 is 0 Å². The standard InChI is InChI=1S/C14H24/c1-2-6-10-14-12-8-4-3-7-11-13(14)9-5-1/h1-12H2. The van der Waals surface area contributed by atoms with Crippen molar-refractivity contribution in [1.29, 1.82) is 0 Å². The Balaban J connectivity index is 2.05. The highest BCUT2D eigenvalue weighted by molar-refractivity contribution is 5.15. The Bertz CT molecular complexity index is 158. The van der Waals surface area contributed by atoms with E-state index in [-0.39, 0.29) is 0 Å². The molecule has 0 atom stereocenters. The van der Waals surface area contributed by atoms with Gasteiger partial charge >= 0.3 is 0 Å². The third-order valence-corrected chi connectivity index (χ3v) is 3.91. The van der Waals surface area contributed by atoms with Crippen LogP contribution >= 0.6 is 0 Å². The molecule has 0 radical (unpaired) electrons. The fourth-order valence-electron chi connectivity index (χ4n) is 3.02. The second-order valence-corrected chi connectivity index (χ2v) is 5.04. The second kappa shape index (κ2) is 5.58. The van der Waals surface area contributed by atoms with Crippen molar-refractivity contribution in [3.8, 4) is 0 Å². The minimum absolute atomic E-state index is 1.44. The molecular weight excluding hydrogens is 168 g/mol. The predicted molar refractivity (Wildman–Crippen MR) is 62.4 cm³/mol. The minimum atomic E-state index is 1.44. The topological polar surface area (TPSA) is 0 Å². The highest BCUT2D eigenvalue weighted by Gasteiger charge is 2.11. The van der Waals surface area contributed by atoms with Crippen molar-refractivity contribution < 1.29 is 0 Å². The summed E-state index contributed by atoms with van der Waals surface area (Å²) in [5.41, 5.74) is 3.76. The Hall–Kier alpha value is -0.260. The van der Waals surface area contributed by atoms with Crippen LogP contribution in [0.1, 0.15) is 77.0 Å². The summed E-state index contributed by atoms with van der Waals surface area (Å²) in [6.07, 6.45) is 17.6. The van der Waals surface area contributed by atoms with Gasteiger partial charge in [-0.1, -0.05) is 36.8 Å². The Morgan fingerprint density at radius 2 is 0.643 bits per heavy atom. The van der Waals surface area contributed by atoms with Crippen LogP contribution < -0.4 is 0 Å². The second-order valence-electron chi connectivity index (χ2n) is 5.04. The lowest BCUT2D eigenvalue weighted by atomic mass is 9.86. The average molecular weight is 192 g/mol. The molecule has 0 aromatic heterocycles. The van der Waals surface area contributed by atoms with Crippen LogP contribution in [0.15, 0.2) is 11.1 Å². The normalized spacial score (nSPS) is 25.7. The first-order chi connectivity index (χ1) is 6.97. The molecular formula is C14H24. The molecule has 2 aliphatic rings. The summed E-state index contributed by atoms with van der Waals surface area (Å²) < 4.78 is 0. The van der Waals surface area contributed by atoms with Gasteiger partial charge in [-0.25, -0.2) is 0 Å². The molecule has 14 heavy (non-hydrogen) atoms. The van der Waals surface area contributed by atoms with Crippen molar-refractivity contribution in [3.63, 3.8) is 0 Å². The fraction of sp³-hybridized carbons (Fsp3) is 0.857. The Kier molecular flexibility index (Phi) is 4.09. The zero-order chi connectivity index (χ0) is 9.64. The van der Waals surface area contributed by atoms with Gasteiger partial charge in [-0.15, -0.1) is 0 Å². The number of allylic oxidation sites excluding steroid dienone is 2. The molecule has 0 saturated heterocycles. The van der Waals surface area contributed by atoms with E-state index in [2.05, 4.69) is 0 Å². The molecule has 0 heterocycles. The van der Waals surface area contributed by atoms with Crippen molar-refractivity contribution in [1.82, 2.24) is 0 Å². The van der Waals surface area contributed by atoms with Gasteiger partial charge in [-0.05, 0) is 51.4 Å². The van der Waals surface area contributed by atoms with Crippen LogP contribution in [0.5, 0.6) is 0 Å². The summed E-state index contributed by atoms with van der Waals surface area (Å²) >= 11 is 0. The van der Waals surface area contributed by atoms with Gasteiger partial charge in [0.2, 0.25) is 0 Å². The van der Waals surface area contributed by atoms with Crippen molar-refractivity contribution in [3.05, 3.63) is 11.1 Å². The van der Waals surface area contributed by atoms with Crippen molar-refractivity contribution in [2.24, 2.45) is 0 Å². The van der Waals surface area contributed by atoms with E-state index in [9.17, 15) is 0 Å². The maximum Gasteiger partial charge on any atom is -0.0318 e. The molecule has 0 bridgehead atoms. The highest BCUT2D eigenvalue weighted by atomic mass is 14.2. The largest absolute Gasteiger partial charge is 0.0710 e. The lowest BCUT2D eigenvalue weighted by molar-refractivity contribution is 0.541. The molecule has 0 unspecified atom stereocenters. The molecule has 0 N–H and O–H groups in total. The van der Waals surface area contributed by atoms with E-state index in [1.165, 1.54) is 77.0 Å². The maximum atomic E-state index is 1.88. The van der Waals surface area contributed by atoms with Gasteiger partial charge in [0.15, 0.2) is 0 Å². The van der Waals surface area contributed by atoms with Crippen molar-refractivity contribution in [2.45, 2.75) is 77.0 Å². The van der Waals surface area contributed by atoms with Crippen molar-refractivity contribution in [2.75, 3.05) is 0 Å². The summed E-state index contributed by atoms with van der Waals surface area (Å²) in [5, 5.41) is 0. The first kappa shape index (κ1) is 10.3. The molecule has 0 aliphatic heterocycles. The molecule has 2 aliphatic carbocycles. The molecule has 2 rings (SSSR count). The van der Waals surface area contributed by atoms with Gasteiger partial charge in [0, 0.05) is 0 Å². The summed E-state index contributed by atoms with van der Waals surface area (Å²) in [7, 11) is 0. The number of rotatable bonds is 0. The van der Waals surface area contributed by atoms with Crippen LogP contribution in [0, 0.1) is 0 Å². The first-order valence-corrected chi connectivity index (χ1v) is 6.66. The van der Waals surface area contributed by atoms with Gasteiger partial charge in [-0.3, -0.25) is 0 Å². The molecule has 0 heteroatoms. The molecule has 0 spiro atoms. The van der Waals surface area contributed by atoms with Crippen LogP contribution in [-0.2, 0) is 0 Å². The van der Waals surface area contributed by atoms with Gasteiger partial charge in [0.05, 0.1) is 0 Å². The quantitative estimate of drug-likeness (QED) is 0.474. The van der Waals surface area contributed by atoms with E-state index in [0.717, 1.165) is 0 Å². The lowest BCUT2D eigenvalue weighted by Gasteiger charge is -2.21. The van der Waals surface area contributed by atoms with E-state index >= 15 is 0 Å². The lowest BCUT2D eigenvalue weighted by Crippen LogP contribution is -2.01. The molecule has 0 aromatic carbocycles. The van der Waals surface area contributed by atoms with Gasteiger partial charge in [-0.2, -0.15) is 0 Å². The van der Waals surface area contributed by atoms with E-state index in [1.807, 2.05) is 11.1 Å². The molecule has 0 fully saturated rings. The highest BCUT2D eigenvalue weighted by Crippen LogP contribution is 2.31. The maximum absolute atomic E-state index is 1.88. The number of hydrogen-bond donors (Lipinski definition) is 0. The van der Waals surface area contributed by atoms with Crippen LogP contribution in [0.25, 0.3) is 0 Å². The molecule has 0 aromatic rings. The minimum Gasteiger partial charge on any atom is -0.0710 e. The molecule has 80 valence electrons. The predicted octanol–water partition coefficient (Wildman–Crippen LogP) is 4.99. The number of hydrogen-bond acceptors (Lipinski definition) is 0. The Labute approximate surface area is 88.8 Å². The Morgan fingerprint density at radius 3 is 0.929 bits per heavy atom.